The number of rotatable bonds is 17. The molecule has 1 saturated carbocycles. The second kappa shape index (κ2) is 32.8. The van der Waals surface area contributed by atoms with E-state index in [2.05, 4.69) is 0 Å². The smallest absolute Gasteiger partial charge is 0.329 e. The zero-order chi connectivity index (χ0) is 56.9. The van der Waals surface area contributed by atoms with Crippen molar-refractivity contribution in [1.82, 2.24) is 4.90 Å². The number of cyclic esters (lactones) is 1. The summed E-state index contributed by atoms with van der Waals surface area (Å²) in [4.78, 5) is 73.5. The molecule has 4 fully saturated rings. The predicted molar refractivity (Wildman–Crippen MR) is 291 cm³/mol. The molecule has 442 valence electrons. The molecule has 1 aliphatic carbocycles. The Balaban J connectivity index is 1.45. The molecule has 0 aromatic rings. The van der Waals surface area contributed by atoms with E-state index in [1.807, 2.05) is 65.0 Å². The van der Waals surface area contributed by atoms with E-state index in [0.717, 1.165) is 12.0 Å². The lowest BCUT2D eigenvalue weighted by Gasteiger charge is -2.43. The number of allylic oxidation sites excluding steroid dienone is 6. The minimum atomic E-state index is -2.48. The quantitative estimate of drug-likeness (QED) is 0.0673. The number of ether oxygens (including phenoxy) is 10. The van der Waals surface area contributed by atoms with E-state index in [-0.39, 0.29) is 99.2 Å². The van der Waals surface area contributed by atoms with E-state index in [9.17, 15) is 34.2 Å². The molecule has 4 heterocycles. The SMILES string of the molecule is CO[C@@H]1/C(C)=C/[C@@H](C)C(=O)C[C@@H]([C@H](C)C[C@@H]2CC[C@@H](OCCO)[C@H](OC)C2)OC(=O)[C@@H]2CCCCN2C(=O)C(=O)[C@]2(O)O[C@@H](CC[C@H]2C)CC(OCCOCCOC2COC2)/C(C)=C/C=C/C=C/[C@@H](C)C[C@@H](C)C(=O)[C@@H]1OC. The van der Waals surface area contributed by atoms with Crippen LogP contribution in [0.15, 0.2) is 47.6 Å². The zero-order valence-electron chi connectivity index (χ0n) is 48.4. The number of hydrogen-bond acceptors (Lipinski definition) is 17. The number of esters is 1. The third kappa shape index (κ3) is 18.8. The molecular weight excluding hydrogens is 1010 g/mol. The highest BCUT2D eigenvalue weighted by molar-refractivity contribution is 6.39. The molecule has 0 radical (unpaired) electrons. The first-order chi connectivity index (χ1) is 37.3. The normalized spacial score (nSPS) is 36.8. The fourth-order valence-corrected chi connectivity index (χ4v) is 11.6. The van der Waals surface area contributed by atoms with Crippen molar-refractivity contribution in [3.05, 3.63) is 47.6 Å². The van der Waals surface area contributed by atoms with Gasteiger partial charge in [0.25, 0.3) is 11.7 Å². The van der Waals surface area contributed by atoms with Crippen LogP contribution < -0.4 is 0 Å². The number of ketones is 3. The van der Waals surface area contributed by atoms with E-state index in [1.54, 1.807) is 27.0 Å². The number of carbonyl (C=O) groups excluding carboxylic acids is 5. The van der Waals surface area contributed by atoms with Crippen LogP contribution in [0.4, 0.5) is 0 Å². The maximum absolute atomic E-state index is 14.7. The summed E-state index contributed by atoms with van der Waals surface area (Å²) >= 11 is 0. The molecular formula is C60H95NO17. The van der Waals surface area contributed by atoms with Crippen molar-refractivity contribution in [2.24, 2.45) is 35.5 Å². The molecule has 1 amide bonds. The lowest BCUT2D eigenvalue weighted by Crippen LogP contribution is -2.61. The van der Waals surface area contributed by atoms with E-state index in [1.165, 1.54) is 19.1 Å². The van der Waals surface area contributed by atoms with Gasteiger partial charge in [-0.15, -0.1) is 0 Å². The van der Waals surface area contributed by atoms with Crippen LogP contribution in [0.25, 0.3) is 0 Å². The lowest BCUT2D eigenvalue weighted by molar-refractivity contribution is -0.266. The maximum atomic E-state index is 14.7. The van der Waals surface area contributed by atoms with Crippen LogP contribution in [-0.2, 0) is 71.3 Å². The van der Waals surface area contributed by atoms with Crippen molar-refractivity contribution >= 4 is 29.2 Å². The number of nitrogens with zero attached hydrogens (tertiary/aromatic N) is 1. The van der Waals surface area contributed by atoms with Crippen LogP contribution in [0.3, 0.4) is 0 Å². The van der Waals surface area contributed by atoms with Gasteiger partial charge in [0.15, 0.2) is 5.78 Å². The second-order valence-electron chi connectivity index (χ2n) is 22.6. The third-order valence-electron chi connectivity index (χ3n) is 16.6. The van der Waals surface area contributed by atoms with Crippen LogP contribution >= 0.6 is 0 Å². The Hall–Kier alpha value is -3.53. The summed E-state index contributed by atoms with van der Waals surface area (Å²) in [6.07, 6.45) is 12.9. The number of methoxy groups -OCH3 is 3. The highest BCUT2D eigenvalue weighted by Crippen LogP contribution is 2.38. The molecule has 3 saturated heterocycles. The largest absolute Gasteiger partial charge is 0.460 e. The minimum Gasteiger partial charge on any atom is -0.460 e. The monoisotopic (exact) mass is 1100 g/mol. The predicted octanol–water partition coefficient (Wildman–Crippen LogP) is 6.65. The van der Waals surface area contributed by atoms with Gasteiger partial charge in [0, 0.05) is 58.5 Å². The van der Waals surface area contributed by atoms with Gasteiger partial charge in [0.2, 0.25) is 5.79 Å². The zero-order valence-corrected chi connectivity index (χ0v) is 48.4. The highest BCUT2D eigenvalue weighted by atomic mass is 16.6. The average molecular weight is 1100 g/mol. The van der Waals surface area contributed by atoms with Gasteiger partial charge in [-0.25, -0.2) is 4.79 Å². The molecule has 5 rings (SSSR count). The average Bonchev–Trinajstić information content (AvgIpc) is 3.45. The van der Waals surface area contributed by atoms with Gasteiger partial charge in [-0.3, -0.25) is 19.2 Å². The molecule has 18 heteroatoms. The third-order valence-corrected chi connectivity index (χ3v) is 16.6. The van der Waals surface area contributed by atoms with Gasteiger partial charge in [-0.05, 0) is 107 Å². The maximum Gasteiger partial charge on any atom is 0.329 e. The van der Waals surface area contributed by atoms with Crippen molar-refractivity contribution in [2.75, 3.05) is 80.7 Å². The van der Waals surface area contributed by atoms with Gasteiger partial charge in [-0.2, -0.15) is 0 Å². The van der Waals surface area contributed by atoms with E-state index in [0.29, 0.717) is 90.0 Å². The van der Waals surface area contributed by atoms with Gasteiger partial charge >= 0.3 is 5.97 Å². The Morgan fingerprint density at radius 3 is 2.18 bits per heavy atom. The van der Waals surface area contributed by atoms with Crippen LogP contribution in [-0.4, -0.2) is 186 Å². The summed E-state index contributed by atoms with van der Waals surface area (Å²) in [5.74, 6) is -7.72. The Morgan fingerprint density at radius 1 is 0.769 bits per heavy atom. The molecule has 78 heavy (non-hydrogen) atoms. The summed E-state index contributed by atoms with van der Waals surface area (Å²) in [5.41, 5.74) is 1.49. The summed E-state index contributed by atoms with van der Waals surface area (Å²) in [6, 6.07) is -1.16. The minimum absolute atomic E-state index is 0.0257. The van der Waals surface area contributed by atoms with Gasteiger partial charge in [-0.1, -0.05) is 71.1 Å². The Morgan fingerprint density at radius 2 is 1.50 bits per heavy atom. The molecule has 15 atom stereocenters. The van der Waals surface area contributed by atoms with Crippen molar-refractivity contribution in [1.29, 1.82) is 0 Å². The summed E-state index contributed by atoms with van der Waals surface area (Å²) < 4.78 is 59.3. The Bertz CT molecular complexity index is 2040. The topological polar surface area (TPSA) is 221 Å². The lowest BCUT2D eigenvalue weighted by atomic mass is 9.78. The molecule has 2 bridgehead atoms. The molecule has 18 nitrogen and oxygen atoms in total. The first-order valence-corrected chi connectivity index (χ1v) is 28.8. The molecule has 2 N–H and O–H groups in total. The summed E-state index contributed by atoms with van der Waals surface area (Å²) in [6.45, 7) is 15.8. The molecule has 0 aromatic carbocycles. The van der Waals surface area contributed by atoms with Gasteiger partial charge in [0.1, 0.15) is 36.2 Å². The molecule has 4 aliphatic heterocycles. The Labute approximate surface area is 464 Å². The molecule has 0 spiro atoms. The van der Waals surface area contributed by atoms with E-state index < -0.39 is 71.8 Å². The summed E-state index contributed by atoms with van der Waals surface area (Å²) in [7, 11) is 4.63. The molecule has 0 aromatic heterocycles. The highest BCUT2D eigenvalue weighted by Gasteiger charge is 2.53. The van der Waals surface area contributed by atoms with Gasteiger partial charge < -0.3 is 62.5 Å². The van der Waals surface area contributed by atoms with Crippen LogP contribution in [0.2, 0.25) is 0 Å². The first kappa shape index (κ1) is 65.3. The number of aliphatic hydroxyl groups is 2. The number of Topliss-reactive ketones (excluding diaryl/α,β-unsaturated/α-hetero) is 3. The molecule has 1 unspecified atom stereocenters. The number of fused-ring (bicyclic) bond motifs is 3. The van der Waals surface area contributed by atoms with Crippen LogP contribution in [0.5, 0.6) is 0 Å². The number of hydrogen-bond donors (Lipinski definition) is 2. The van der Waals surface area contributed by atoms with Crippen LogP contribution in [0.1, 0.15) is 126 Å². The van der Waals surface area contributed by atoms with E-state index >= 15 is 0 Å². The van der Waals surface area contributed by atoms with Crippen LogP contribution in [0, 0.1) is 35.5 Å². The Kier molecular flexibility index (Phi) is 27.4. The standard InChI is InChI=1S/C60H95NO17/c1-38-16-12-11-13-17-39(2)51(76-29-27-72-26-28-74-47-36-73-37-47)34-46-21-19-44(7)60(68,78-46)57(65)58(66)61-23-15-14-18-48(61)59(67)77-52(41(4)32-45-20-22-50(75-25-24-62)53(33-45)69-8)35-49(63)40(3)31-43(6)55(70-9)56(71-10)54(64)42(5)30-38/h11-13,16-17,31,38,40-42,44-48,50-53,55-56,62,68H,14-15,18-30,32-37H2,1-10H3/b13-11+,16-12+,39-17+,43-31+/t38-,40-,41-,42-,44-,45+,46+,48+,50-,51?,52+,53-,55-,56+,60-/m1/s1. The van der Waals surface area contributed by atoms with Crippen molar-refractivity contribution in [3.63, 3.8) is 0 Å². The summed E-state index contributed by atoms with van der Waals surface area (Å²) in [5, 5.41) is 21.7. The fraction of sp³-hybridized carbons (Fsp3) is 0.783. The number of carbonyl (C=O) groups is 5. The molecule has 5 aliphatic rings. The van der Waals surface area contributed by atoms with Crippen molar-refractivity contribution in [3.8, 4) is 0 Å². The number of aliphatic hydroxyl groups excluding tert-OH is 1. The van der Waals surface area contributed by atoms with Crippen molar-refractivity contribution < 1.29 is 81.6 Å². The first-order valence-electron chi connectivity index (χ1n) is 28.8. The fourth-order valence-electron chi connectivity index (χ4n) is 11.6. The number of amides is 1. The second-order valence-corrected chi connectivity index (χ2v) is 22.6. The van der Waals surface area contributed by atoms with E-state index in [4.69, 9.17) is 47.4 Å². The van der Waals surface area contributed by atoms with Gasteiger partial charge in [0.05, 0.1) is 77.3 Å². The number of piperidine rings is 1. The van der Waals surface area contributed by atoms with Crippen molar-refractivity contribution in [2.45, 2.75) is 186 Å².